The van der Waals surface area contributed by atoms with E-state index in [-0.39, 0.29) is 30.0 Å². The first-order valence-corrected chi connectivity index (χ1v) is 7.78. The molecule has 1 amide bonds. The maximum Gasteiger partial charge on any atom is 0.471 e. The van der Waals surface area contributed by atoms with Crippen LogP contribution in [0.25, 0.3) is 11.3 Å². The van der Waals surface area contributed by atoms with Crippen LogP contribution in [-0.2, 0) is 25.5 Å². The molecule has 3 rings (SSSR count). The second-order valence-corrected chi connectivity index (χ2v) is 5.76. The van der Waals surface area contributed by atoms with Crippen molar-refractivity contribution in [3.63, 3.8) is 0 Å². The zero-order chi connectivity index (χ0) is 19.6. The first-order chi connectivity index (χ1) is 12.7. The third-order valence-corrected chi connectivity index (χ3v) is 3.78. The molecule has 0 bridgehead atoms. The molecule has 1 aliphatic rings. The van der Waals surface area contributed by atoms with E-state index < -0.39 is 29.9 Å². The summed E-state index contributed by atoms with van der Waals surface area (Å²) in [6.07, 6.45) is -4.16. The van der Waals surface area contributed by atoms with Crippen LogP contribution in [0.3, 0.4) is 0 Å². The molecular weight excluding hydrogens is 367 g/mol. The summed E-state index contributed by atoms with van der Waals surface area (Å²) >= 11 is 0. The van der Waals surface area contributed by atoms with E-state index in [1.165, 1.54) is 0 Å². The Kier molecular flexibility index (Phi) is 4.89. The van der Waals surface area contributed by atoms with Crippen molar-refractivity contribution >= 4 is 23.5 Å². The van der Waals surface area contributed by atoms with Gasteiger partial charge in [0.1, 0.15) is 5.82 Å². The van der Waals surface area contributed by atoms with Gasteiger partial charge in [0, 0.05) is 12.0 Å². The number of rotatable bonds is 4. The summed E-state index contributed by atoms with van der Waals surface area (Å²) in [6.45, 7) is 0. The highest BCUT2D eigenvalue weighted by atomic mass is 19.4. The summed E-state index contributed by atoms with van der Waals surface area (Å²) in [7, 11) is 0. The molecular formula is C17H12F3N3O4. The molecule has 140 valence electrons. The molecule has 10 heteroatoms. The van der Waals surface area contributed by atoms with Crippen molar-refractivity contribution in [3.05, 3.63) is 42.4 Å². The van der Waals surface area contributed by atoms with Crippen LogP contribution >= 0.6 is 0 Å². The number of benzene rings is 1. The van der Waals surface area contributed by atoms with Crippen LogP contribution in [0.15, 0.2) is 36.5 Å². The van der Waals surface area contributed by atoms with Gasteiger partial charge in [0.25, 0.3) is 0 Å². The lowest BCUT2D eigenvalue weighted by Crippen LogP contribution is -2.30. The van der Waals surface area contributed by atoms with Crippen LogP contribution in [0.1, 0.15) is 12.2 Å². The monoisotopic (exact) mass is 379 g/mol. The molecule has 1 aliphatic heterocycles. The molecule has 1 N–H and O–H groups in total. The number of hydrogen-bond donors (Lipinski definition) is 1. The van der Waals surface area contributed by atoms with Crippen molar-refractivity contribution in [2.24, 2.45) is 5.92 Å². The molecule has 27 heavy (non-hydrogen) atoms. The molecule has 1 aromatic heterocycles. The number of esters is 2. The lowest BCUT2D eigenvalue weighted by atomic mass is 10.0. The lowest BCUT2D eigenvalue weighted by Gasteiger charge is -2.13. The third kappa shape index (κ3) is 4.27. The number of cyclic esters (lactones) is 2. The zero-order valence-electron chi connectivity index (χ0n) is 13.6. The van der Waals surface area contributed by atoms with E-state index in [0.29, 0.717) is 5.56 Å². The summed E-state index contributed by atoms with van der Waals surface area (Å²) < 4.78 is 42.1. The number of carbonyl (C=O) groups is 3. The summed E-state index contributed by atoms with van der Waals surface area (Å²) in [4.78, 5) is 42.1. The Morgan fingerprint density at radius 2 is 1.93 bits per heavy atom. The average molecular weight is 379 g/mol. The molecule has 1 fully saturated rings. The summed E-state index contributed by atoms with van der Waals surface area (Å²) in [5, 5.41) is 1.75. The minimum atomic E-state index is -5.07. The van der Waals surface area contributed by atoms with Crippen molar-refractivity contribution in [2.45, 2.75) is 19.0 Å². The van der Waals surface area contributed by atoms with Crippen molar-refractivity contribution in [2.75, 3.05) is 5.32 Å². The fraction of sp³-hybridized carbons (Fsp3) is 0.235. The topological polar surface area (TPSA) is 98.3 Å². The van der Waals surface area contributed by atoms with Gasteiger partial charge in [-0.3, -0.25) is 14.4 Å². The number of aromatic nitrogens is 2. The van der Waals surface area contributed by atoms with E-state index in [1.807, 2.05) is 0 Å². The van der Waals surface area contributed by atoms with Crippen LogP contribution in [0, 0.1) is 5.92 Å². The number of amides is 1. The standard InChI is InChI=1S/C17H12F3N3O4/c18-17(19,20)16(26)22-11-8-21-12(6-10-7-13(24)27-15(10)25)23-14(11)9-4-2-1-3-5-9/h1-5,8,10H,6-7H2,(H,22,26). The third-order valence-electron chi connectivity index (χ3n) is 3.78. The first kappa shape index (κ1) is 18.5. The second kappa shape index (κ2) is 7.14. The highest BCUT2D eigenvalue weighted by Crippen LogP contribution is 2.28. The molecule has 2 aromatic rings. The van der Waals surface area contributed by atoms with Gasteiger partial charge in [-0.2, -0.15) is 13.2 Å². The Morgan fingerprint density at radius 3 is 2.52 bits per heavy atom. The van der Waals surface area contributed by atoms with Gasteiger partial charge in [-0.05, 0) is 0 Å². The van der Waals surface area contributed by atoms with Gasteiger partial charge in [0.2, 0.25) is 0 Å². The molecule has 1 unspecified atom stereocenters. The van der Waals surface area contributed by atoms with Crippen LogP contribution in [0.4, 0.5) is 18.9 Å². The van der Waals surface area contributed by atoms with Gasteiger partial charge >= 0.3 is 24.0 Å². The van der Waals surface area contributed by atoms with Crippen molar-refractivity contribution in [3.8, 4) is 11.3 Å². The van der Waals surface area contributed by atoms with Gasteiger partial charge in [0.05, 0.1) is 29.9 Å². The van der Waals surface area contributed by atoms with E-state index in [2.05, 4.69) is 14.7 Å². The Hall–Kier alpha value is -3.30. The number of ether oxygens (including phenoxy) is 1. The SMILES string of the molecule is O=C1CC(Cc2ncc(NC(=O)C(F)(F)F)c(-c3ccccc3)n2)C(=O)O1. The summed E-state index contributed by atoms with van der Waals surface area (Å²) in [6, 6.07) is 8.21. The van der Waals surface area contributed by atoms with Gasteiger partial charge in [-0.1, -0.05) is 30.3 Å². The Bertz CT molecular complexity index is 900. The molecule has 0 spiro atoms. The lowest BCUT2D eigenvalue weighted by molar-refractivity contribution is -0.167. The van der Waals surface area contributed by atoms with Crippen LogP contribution in [-0.4, -0.2) is 34.0 Å². The Balaban J connectivity index is 1.94. The highest BCUT2D eigenvalue weighted by Gasteiger charge is 2.39. The maximum atomic E-state index is 12.6. The van der Waals surface area contributed by atoms with E-state index >= 15 is 0 Å². The molecule has 2 heterocycles. The molecule has 0 aliphatic carbocycles. The second-order valence-electron chi connectivity index (χ2n) is 5.76. The van der Waals surface area contributed by atoms with Crippen molar-refractivity contribution < 1.29 is 32.3 Å². The number of alkyl halides is 3. The number of anilines is 1. The van der Waals surface area contributed by atoms with Crippen molar-refractivity contribution in [1.82, 2.24) is 9.97 Å². The fourth-order valence-electron chi connectivity index (χ4n) is 2.52. The normalized spacial score (nSPS) is 16.9. The predicted molar refractivity (Wildman–Crippen MR) is 85.1 cm³/mol. The first-order valence-electron chi connectivity index (χ1n) is 7.78. The fourth-order valence-corrected chi connectivity index (χ4v) is 2.52. The van der Waals surface area contributed by atoms with E-state index in [1.54, 1.807) is 35.6 Å². The van der Waals surface area contributed by atoms with E-state index in [4.69, 9.17) is 0 Å². The Morgan fingerprint density at radius 1 is 1.22 bits per heavy atom. The highest BCUT2D eigenvalue weighted by molar-refractivity contribution is 5.97. The van der Waals surface area contributed by atoms with E-state index in [9.17, 15) is 27.6 Å². The number of carbonyl (C=O) groups excluding carboxylic acids is 3. The minimum Gasteiger partial charge on any atom is -0.393 e. The Labute approximate surface area is 150 Å². The minimum absolute atomic E-state index is 0.0160. The van der Waals surface area contributed by atoms with Crippen LogP contribution < -0.4 is 5.32 Å². The maximum absolute atomic E-state index is 12.6. The molecule has 0 saturated carbocycles. The quantitative estimate of drug-likeness (QED) is 0.647. The van der Waals surface area contributed by atoms with Gasteiger partial charge in [-0.25, -0.2) is 9.97 Å². The van der Waals surface area contributed by atoms with Gasteiger partial charge < -0.3 is 10.1 Å². The number of nitrogens with one attached hydrogen (secondary N) is 1. The molecule has 1 aromatic carbocycles. The number of nitrogens with zero attached hydrogens (tertiary/aromatic N) is 2. The largest absolute Gasteiger partial charge is 0.471 e. The summed E-state index contributed by atoms with van der Waals surface area (Å²) in [5.74, 6) is -4.12. The zero-order valence-corrected chi connectivity index (χ0v) is 13.6. The molecule has 1 saturated heterocycles. The molecule has 7 nitrogen and oxygen atoms in total. The smallest absolute Gasteiger partial charge is 0.393 e. The summed E-state index contributed by atoms with van der Waals surface area (Å²) in [5.41, 5.74) is 0.289. The van der Waals surface area contributed by atoms with Gasteiger partial charge in [0.15, 0.2) is 0 Å². The van der Waals surface area contributed by atoms with E-state index in [0.717, 1.165) is 6.20 Å². The predicted octanol–water partition coefficient (Wildman–Crippen LogP) is 2.28. The van der Waals surface area contributed by atoms with Crippen molar-refractivity contribution in [1.29, 1.82) is 0 Å². The number of hydrogen-bond acceptors (Lipinski definition) is 6. The average Bonchev–Trinajstić information content (AvgIpc) is 2.93. The molecule has 1 atom stereocenters. The van der Waals surface area contributed by atoms with Crippen LogP contribution in [0.2, 0.25) is 0 Å². The van der Waals surface area contributed by atoms with Crippen LogP contribution in [0.5, 0.6) is 0 Å². The number of halogens is 3. The van der Waals surface area contributed by atoms with Gasteiger partial charge in [-0.15, -0.1) is 0 Å². The molecule has 0 radical (unpaired) electrons.